The largest absolute Gasteiger partial charge is 0.507 e. The number of thioether (sulfide) groups is 1. The first-order valence-electron chi connectivity index (χ1n) is 6.43. The minimum absolute atomic E-state index is 0.408. The number of para-hydroxylation sites is 1. The second-order valence-corrected chi connectivity index (χ2v) is 5.59. The van der Waals surface area contributed by atoms with Gasteiger partial charge in [-0.05, 0) is 24.6 Å². The third-order valence-corrected chi connectivity index (χ3v) is 3.94. The summed E-state index contributed by atoms with van der Waals surface area (Å²) in [4.78, 5) is 1.29. The Morgan fingerprint density at radius 3 is 2.63 bits per heavy atom. The lowest BCUT2D eigenvalue weighted by molar-refractivity contribution is 0.461. The standard InChI is InChI=1S/C16H19NOS/c1-13-6-5-7-14(16(13)18)12-17-10-11-19-15-8-3-2-4-9-15/h2-9,17-18H,10-12H2,1H3. The maximum Gasteiger partial charge on any atom is 0.122 e. The van der Waals surface area contributed by atoms with Crippen LogP contribution >= 0.6 is 11.8 Å². The first-order chi connectivity index (χ1) is 9.27. The van der Waals surface area contributed by atoms with Crippen LogP contribution in [0.15, 0.2) is 53.4 Å². The molecule has 0 bridgehead atoms. The first-order valence-corrected chi connectivity index (χ1v) is 7.42. The summed E-state index contributed by atoms with van der Waals surface area (Å²) in [5.74, 6) is 1.43. The normalized spacial score (nSPS) is 10.6. The Bertz CT molecular complexity index is 513. The predicted molar refractivity (Wildman–Crippen MR) is 81.7 cm³/mol. The van der Waals surface area contributed by atoms with Gasteiger partial charge in [-0.2, -0.15) is 0 Å². The summed E-state index contributed by atoms with van der Waals surface area (Å²) >= 11 is 1.84. The third-order valence-electron chi connectivity index (χ3n) is 2.93. The molecule has 0 aliphatic heterocycles. The van der Waals surface area contributed by atoms with Crippen molar-refractivity contribution in [2.45, 2.75) is 18.4 Å². The summed E-state index contributed by atoms with van der Waals surface area (Å²) in [6.45, 7) is 3.56. The van der Waals surface area contributed by atoms with Gasteiger partial charge in [0, 0.05) is 29.3 Å². The zero-order valence-corrected chi connectivity index (χ0v) is 11.9. The van der Waals surface area contributed by atoms with Crippen molar-refractivity contribution in [3.05, 3.63) is 59.7 Å². The molecule has 19 heavy (non-hydrogen) atoms. The van der Waals surface area contributed by atoms with Gasteiger partial charge in [-0.25, -0.2) is 0 Å². The van der Waals surface area contributed by atoms with Gasteiger partial charge in [0.25, 0.3) is 0 Å². The summed E-state index contributed by atoms with van der Waals surface area (Å²) in [5.41, 5.74) is 1.89. The highest BCUT2D eigenvalue weighted by Gasteiger charge is 2.02. The maximum absolute atomic E-state index is 9.89. The molecule has 0 radical (unpaired) electrons. The lowest BCUT2D eigenvalue weighted by Crippen LogP contribution is -2.16. The molecule has 2 nitrogen and oxygen atoms in total. The smallest absolute Gasteiger partial charge is 0.122 e. The van der Waals surface area contributed by atoms with Gasteiger partial charge in [-0.3, -0.25) is 0 Å². The number of rotatable bonds is 6. The van der Waals surface area contributed by atoms with Crippen molar-refractivity contribution < 1.29 is 5.11 Å². The van der Waals surface area contributed by atoms with Crippen molar-refractivity contribution in [1.82, 2.24) is 5.32 Å². The number of phenolic OH excluding ortho intramolecular Hbond substituents is 1. The zero-order chi connectivity index (χ0) is 13.5. The highest BCUT2D eigenvalue weighted by atomic mass is 32.2. The molecule has 0 spiro atoms. The number of aromatic hydroxyl groups is 1. The van der Waals surface area contributed by atoms with Gasteiger partial charge in [-0.15, -0.1) is 11.8 Å². The van der Waals surface area contributed by atoms with E-state index >= 15 is 0 Å². The van der Waals surface area contributed by atoms with Gasteiger partial charge in [-0.1, -0.05) is 36.4 Å². The van der Waals surface area contributed by atoms with E-state index < -0.39 is 0 Å². The molecular weight excluding hydrogens is 254 g/mol. The van der Waals surface area contributed by atoms with Gasteiger partial charge in [0.2, 0.25) is 0 Å². The Morgan fingerprint density at radius 2 is 1.84 bits per heavy atom. The molecule has 0 aromatic heterocycles. The molecule has 0 saturated carbocycles. The average molecular weight is 273 g/mol. The van der Waals surface area contributed by atoms with Gasteiger partial charge in [0.1, 0.15) is 5.75 Å². The molecular formula is C16H19NOS. The molecule has 0 unspecified atom stereocenters. The van der Waals surface area contributed by atoms with Gasteiger partial charge in [0.05, 0.1) is 0 Å². The number of benzene rings is 2. The fraction of sp³-hybridized carbons (Fsp3) is 0.250. The van der Waals surface area contributed by atoms with E-state index in [-0.39, 0.29) is 0 Å². The van der Waals surface area contributed by atoms with Crippen LogP contribution in [0.2, 0.25) is 0 Å². The third kappa shape index (κ3) is 4.30. The van der Waals surface area contributed by atoms with Crippen LogP contribution in [0.1, 0.15) is 11.1 Å². The number of phenols is 1. The molecule has 2 aromatic carbocycles. The van der Waals surface area contributed by atoms with Crippen molar-refractivity contribution in [2.75, 3.05) is 12.3 Å². The molecule has 2 N–H and O–H groups in total. The van der Waals surface area contributed by atoms with Crippen molar-refractivity contribution in [1.29, 1.82) is 0 Å². The number of hydrogen-bond donors (Lipinski definition) is 2. The monoisotopic (exact) mass is 273 g/mol. The molecule has 3 heteroatoms. The van der Waals surface area contributed by atoms with Crippen LogP contribution in [0.4, 0.5) is 0 Å². The Labute approximate surface area is 118 Å². The van der Waals surface area contributed by atoms with E-state index in [0.29, 0.717) is 12.3 Å². The molecule has 2 rings (SSSR count). The molecule has 100 valence electrons. The fourth-order valence-corrected chi connectivity index (χ4v) is 2.67. The van der Waals surface area contributed by atoms with Crippen LogP contribution in [-0.2, 0) is 6.54 Å². The molecule has 0 heterocycles. The van der Waals surface area contributed by atoms with Crippen LogP contribution in [-0.4, -0.2) is 17.4 Å². The summed E-state index contributed by atoms with van der Waals surface area (Å²) < 4.78 is 0. The van der Waals surface area contributed by atoms with E-state index in [9.17, 15) is 5.11 Å². The van der Waals surface area contributed by atoms with Gasteiger partial charge >= 0.3 is 0 Å². The molecule has 0 saturated heterocycles. The maximum atomic E-state index is 9.89. The summed E-state index contributed by atoms with van der Waals surface area (Å²) in [5, 5.41) is 13.2. The first kappa shape index (κ1) is 14.0. The van der Waals surface area contributed by atoms with E-state index in [1.807, 2.05) is 43.0 Å². The van der Waals surface area contributed by atoms with Crippen LogP contribution in [0.3, 0.4) is 0 Å². The fourth-order valence-electron chi connectivity index (χ4n) is 1.84. The van der Waals surface area contributed by atoms with Crippen LogP contribution in [0.5, 0.6) is 5.75 Å². The minimum atomic E-state index is 0.408. The summed E-state index contributed by atoms with van der Waals surface area (Å²) in [7, 11) is 0. The molecule has 0 amide bonds. The van der Waals surface area contributed by atoms with E-state index in [1.54, 1.807) is 0 Å². The average Bonchev–Trinajstić information content (AvgIpc) is 2.44. The van der Waals surface area contributed by atoms with Gasteiger partial charge in [0.15, 0.2) is 0 Å². The molecule has 0 aliphatic carbocycles. The number of nitrogens with one attached hydrogen (secondary N) is 1. The van der Waals surface area contributed by atoms with E-state index in [4.69, 9.17) is 0 Å². The number of aryl methyl sites for hydroxylation is 1. The molecule has 0 atom stereocenters. The SMILES string of the molecule is Cc1cccc(CNCCSc2ccccc2)c1O. The van der Waals surface area contributed by atoms with Gasteiger partial charge < -0.3 is 10.4 Å². The molecule has 0 fully saturated rings. The van der Waals surface area contributed by atoms with E-state index in [2.05, 4.69) is 29.6 Å². The Hall–Kier alpha value is -1.45. The second-order valence-electron chi connectivity index (χ2n) is 4.42. The lowest BCUT2D eigenvalue weighted by Gasteiger charge is -2.08. The second kappa shape index (κ2) is 7.22. The topological polar surface area (TPSA) is 32.3 Å². The summed E-state index contributed by atoms with van der Waals surface area (Å²) in [6.07, 6.45) is 0. The van der Waals surface area contributed by atoms with E-state index in [0.717, 1.165) is 23.4 Å². The van der Waals surface area contributed by atoms with Crippen LogP contribution < -0.4 is 5.32 Å². The minimum Gasteiger partial charge on any atom is -0.507 e. The quantitative estimate of drug-likeness (QED) is 0.623. The van der Waals surface area contributed by atoms with E-state index in [1.165, 1.54) is 4.90 Å². The van der Waals surface area contributed by atoms with Crippen molar-refractivity contribution in [2.24, 2.45) is 0 Å². The molecule has 0 aliphatic rings. The Kier molecular flexibility index (Phi) is 5.31. The lowest BCUT2D eigenvalue weighted by atomic mass is 10.1. The number of hydrogen-bond acceptors (Lipinski definition) is 3. The highest BCUT2D eigenvalue weighted by Crippen LogP contribution is 2.21. The summed E-state index contributed by atoms with van der Waals surface area (Å²) in [6, 6.07) is 16.2. The van der Waals surface area contributed by atoms with Crippen molar-refractivity contribution in [3.8, 4) is 5.75 Å². The van der Waals surface area contributed by atoms with Crippen molar-refractivity contribution in [3.63, 3.8) is 0 Å². The zero-order valence-electron chi connectivity index (χ0n) is 11.1. The van der Waals surface area contributed by atoms with Crippen molar-refractivity contribution >= 4 is 11.8 Å². The van der Waals surface area contributed by atoms with Crippen LogP contribution in [0, 0.1) is 6.92 Å². The highest BCUT2D eigenvalue weighted by molar-refractivity contribution is 7.99. The van der Waals surface area contributed by atoms with Crippen LogP contribution in [0.25, 0.3) is 0 Å². The predicted octanol–water partition coefficient (Wildman–Crippen LogP) is 3.58. The Balaban J connectivity index is 1.71. The molecule has 2 aromatic rings. The Morgan fingerprint density at radius 1 is 1.05 bits per heavy atom.